The second-order valence-electron chi connectivity index (χ2n) is 5.39. The SMILES string of the molecule is CCOc1ccc(C(=O)NNC(=O)CCC(=O)c2ccc(F)cc2)cc1. The number of hydrogen-bond acceptors (Lipinski definition) is 4. The first-order valence-electron chi connectivity index (χ1n) is 8.10. The fourth-order valence-electron chi connectivity index (χ4n) is 2.14. The van der Waals surface area contributed by atoms with Crippen LogP contribution in [0.3, 0.4) is 0 Å². The van der Waals surface area contributed by atoms with Gasteiger partial charge in [-0.1, -0.05) is 0 Å². The third kappa shape index (κ3) is 5.70. The molecule has 26 heavy (non-hydrogen) atoms. The van der Waals surface area contributed by atoms with Crippen LogP contribution in [-0.2, 0) is 4.79 Å². The molecule has 2 aromatic carbocycles. The Kier molecular flexibility index (Phi) is 6.84. The zero-order valence-corrected chi connectivity index (χ0v) is 14.3. The van der Waals surface area contributed by atoms with Gasteiger partial charge >= 0.3 is 0 Å². The van der Waals surface area contributed by atoms with Gasteiger partial charge in [-0.2, -0.15) is 0 Å². The predicted molar refractivity (Wildman–Crippen MR) is 93.2 cm³/mol. The first-order chi connectivity index (χ1) is 12.5. The van der Waals surface area contributed by atoms with E-state index in [0.29, 0.717) is 23.5 Å². The van der Waals surface area contributed by atoms with Crippen molar-refractivity contribution in [2.75, 3.05) is 6.61 Å². The van der Waals surface area contributed by atoms with E-state index in [2.05, 4.69) is 10.9 Å². The fraction of sp³-hybridized carbons (Fsp3) is 0.211. The van der Waals surface area contributed by atoms with E-state index in [-0.39, 0.29) is 18.6 Å². The van der Waals surface area contributed by atoms with E-state index in [1.165, 1.54) is 24.3 Å². The maximum absolute atomic E-state index is 12.8. The Labute approximate surface area is 150 Å². The second kappa shape index (κ2) is 9.31. The lowest BCUT2D eigenvalue weighted by atomic mass is 10.1. The molecule has 0 saturated heterocycles. The van der Waals surface area contributed by atoms with Crippen molar-refractivity contribution in [3.05, 3.63) is 65.5 Å². The lowest BCUT2D eigenvalue weighted by Crippen LogP contribution is -2.41. The molecule has 0 aliphatic carbocycles. The number of hydrazine groups is 1. The highest BCUT2D eigenvalue weighted by atomic mass is 19.1. The molecule has 7 heteroatoms. The number of carbonyl (C=O) groups is 3. The molecule has 0 radical (unpaired) electrons. The molecule has 2 amide bonds. The molecular weight excluding hydrogens is 339 g/mol. The Bertz CT molecular complexity index is 773. The quantitative estimate of drug-likeness (QED) is 0.589. The van der Waals surface area contributed by atoms with Crippen LogP contribution >= 0.6 is 0 Å². The minimum Gasteiger partial charge on any atom is -0.494 e. The molecule has 0 aromatic heterocycles. The summed E-state index contributed by atoms with van der Waals surface area (Å²) in [6.07, 6.45) is -0.143. The van der Waals surface area contributed by atoms with E-state index in [4.69, 9.17) is 4.74 Å². The third-order valence-electron chi connectivity index (χ3n) is 3.49. The van der Waals surface area contributed by atoms with Crippen molar-refractivity contribution in [2.45, 2.75) is 19.8 Å². The summed E-state index contributed by atoms with van der Waals surface area (Å²) in [6, 6.07) is 11.6. The van der Waals surface area contributed by atoms with Gasteiger partial charge in [-0.3, -0.25) is 25.2 Å². The van der Waals surface area contributed by atoms with Gasteiger partial charge < -0.3 is 4.74 Å². The van der Waals surface area contributed by atoms with Crippen LogP contribution in [0.2, 0.25) is 0 Å². The van der Waals surface area contributed by atoms with Gasteiger partial charge in [-0.15, -0.1) is 0 Å². The number of Topliss-reactive ketones (excluding diaryl/α,β-unsaturated/α-hetero) is 1. The number of ether oxygens (including phenoxy) is 1. The lowest BCUT2D eigenvalue weighted by molar-refractivity contribution is -0.121. The summed E-state index contributed by atoms with van der Waals surface area (Å²) in [5.74, 6) is -1.05. The molecule has 0 fully saturated rings. The Morgan fingerprint density at radius 1 is 0.885 bits per heavy atom. The average Bonchev–Trinajstić information content (AvgIpc) is 2.65. The van der Waals surface area contributed by atoms with E-state index in [0.717, 1.165) is 0 Å². The number of halogens is 1. The fourth-order valence-corrected chi connectivity index (χ4v) is 2.14. The van der Waals surface area contributed by atoms with Crippen molar-refractivity contribution < 1.29 is 23.5 Å². The van der Waals surface area contributed by atoms with E-state index in [1.54, 1.807) is 24.3 Å². The number of carbonyl (C=O) groups excluding carboxylic acids is 3. The molecule has 0 bridgehead atoms. The molecule has 0 aliphatic heterocycles. The molecule has 2 N–H and O–H groups in total. The Hall–Kier alpha value is -3.22. The van der Waals surface area contributed by atoms with Crippen molar-refractivity contribution in [3.8, 4) is 5.75 Å². The van der Waals surface area contributed by atoms with E-state index in [9.17, 15) is 18.8 Å². The smallest absolute Gasteiger partial charge is 0.269 e. The van der Waals surface area contributed by atoms with Crippen LogP contribution in [0.15, 0.2) is 48.5 Å². The highest BCUT2D eigenvalue weighted by Gasteiger charge is 2.11. The second-order valence-corrected chi connectivity index (χ2v) is 5.39. The summed E-state index contributed by atoms with van der Waals surface area (Å²) in [5.41, 5.74) is 5.22. The summed E-state index contributed by atoms with van der Waals surface area (Å²) in [6.45, 7) is 2.38. The minimum absolute atomic E-state index is 0.0452. The predicted octanol–water partition coefficient (Wildman–Crippen LogP) is 2.65. The Morgan fingerprint density at radius 3 is 2.12 bits per heavy atom. The van der Waals surface area contributed by atoms with E-state index in [1.807, 2.05) is 6.92 Å². The number of nitrogens with one attached hydrogen (secondary N) is 2. The van der Waals surface area contributed by atoms with Crippen molar-refractivity contribution >= 4 is 17.6 Å². The highest BCUT2D eigenvalue weighted by molar-refractivity contribution is 5.98. The van der Waals surface area contributed by atoms with Crippen LogP contribution < -0.4 is 15.6 Å². The maximum Gasteiger partial charge on any atom is 0.269 e. The normalized spacial score (nSPS) is 10.1. The van der Waals surface area contributed by atoms with Gasteiger partial charge in [0.25, 0.3) is 5.91 Å². The van der Waals surface area contributed by atoms with Crippen LogP contribution in [0.25, 0.3) is 0 Å². The number of ketones is 1. The van der Waals surface area contributed by atoms with Crippen LogP contribution in [0, 0.1) is 5.82 Å². The molecule has 0 unspecified atom stereocenters. The molecule has 0 spiro atoms. The summed E-state index contributed by atoms with van der Waals surface area (Å²) in [4.78, 5) is 35.6. The van der Waals surface area contributed by atoms with Crippen molar-refractivity contribution in [2.24, 2.45) is 0 Å². The molecule has 0 heterocycles. The largest absolute Gasteiger partial charge is 0.494 e. The van der Waals surface area contributed by atoms with Crippen molar-refractivity contribution in [3.63, 3.8) is 0 Å². The van der Waals surface area contributed by atoms with Gasteiger partial charge in [0.2, 0.25) is 5.91 Å². The summed E-state index contributed by atoms with van der Waals surface area (Å²) < 4.78 is 18.1. The van der Waals surface area contributed by atoms with Crippen molar-refractivity contribution in [1.82, 2.24) is 10.9 Å². The van der Waals surface area contributed by atoms with Gasteiger partial charge in [0.05, 0.1) is 6.61 Å². The van der Waals surface area contributed by atoms with Gasteiger partial charge in [-0.05, 0) is 55.5 Å². The first kappa shape index (κ1) is 19.1. The molecular formula is C19H19FN2O4. The van der Waals surface area contributed by atoms with Crippen LogP contribution in [0.4, 0.5) is 4.39 Å². The first-order valence-corrected chi connectivity index (χ1v) is 8.10. The lowest BCUT2D eigenvalue weighted by Gasteiger charge is -2.08. The Morgan fingerprint density at radius 2 is 1.50 bits per heavy atom. The highest BCUT2D eigenvalue weighted by Crippen LogP contribution is 2.12. The number of amides is 2. The van der Waals surface area contributed by atoms with Gasteiger partial charge in [-0.25, -0.2) is 4.39 Å². The van der Waals surface area contributed by atoms with E-state index < -0.39 is 17.6 Å². The minimum atomic E-state index is -0.500. The molecule has 2 rings (SSSR count). The standard InChI is InChI=1S/C19H19FN2O4/c1-2-26-16-9-5-14(6-10-16)19(25)22-21-18(24)12-11-17(23)13-3-7-15(20)8-4-13/h3-10H,2,11-12H2,1H3,(H,21,24)(H,22,25). The number of hydrogen-bond donors (Lipinski definition) is 2. The monoisotopic (exact) mass is 358 g/mol. The van der Waals surface area contributed by atoms with Crippen LogP contribution in [-0.4, -0.2) is 24.2 Å². The van der Waals surface area contributed by atoms with Crippen LogP contribution in [0.1, 0.15) is 40.5 Å². The van der Waals surface area contributed by atoms with Crippen molar-refractivity contribution in [1.29, 1.82) is 0 Å². The molecule has 136 valence electrons. The molecule has 0 atom stereocenters. The Balaban J connectivity index is 1.76. The molecule has 0 saturated carbocycles. The zero-order valence-electron chi connectivity index (χ0n) is 14.3. The number of benzene rings is 2. The van der Waals surface area contributed by atoms with Gasteiger partial charge in [0, 0.05) is 24.0 Å². The molecule has 6 nitrogen and oxygen atoms in total. The molecule has 2 aromatic rings. The molecule has 0 aliphatic rings. The third-order valence-corrected chi connectivity index (χ3v) is 3.49. The van der Waals surface area contributed by atoms with Gasteiger partial charge in [0.1, 0.15) is 11.6 Å². The summed E-state index contributed by atoms with van der Waals surface area (Å²) >= 11 is 0. The summed E-state index contributed by atoms with van der Waals surface area (Å²) in [5, 5.41) is 0. The average molecular weight is 358 g/mol. The zero-order chi connectivity index (χ0) is 18.9. The van der Waals surface area contributed by atoms with Gasteiger partial charge in [0.15, 0.2) is 5.78 Å². The number of rotatable bonds is 7. The van der Waals surface area contributed by atoms with E-state index >= 15 is 0 Å². The topological polar surface area (TPSA) is 84.5 Å². The van der Waals surface area contributed by atoms with Crippen LogP contribution in [0.5, 0.6) is 5.75 Å². The summed E-state index contributed by atoms with van der Waals surface area (Å²) in [7, 11) is 0. The maximum atomic E-state index is 12.8.